The highest BCUT2D eigenvalue weighted by molar-refractivity contribution is 5.90. The van der Waals surface area contributed by atoms with Crippen molar-refractivity contribution in [3.05, 3.63) is 31.0 Å². The molecular weight excluding hydrogens is 367 g/mol. The lowest BCUT2D eigenvalue weighted by Crippen LogP contribution is -2.28. The lowest BCUT2D eigenvalue weighted by Gasteiger charge is -2.12. The molecule has 0 aliphatic rings. The molecule has 1 N–H and O–H groups in total. The predicted molar refractivity (Wildman–Crippen MR) is 86.5 cm³/mol. The highest BCUT2D eigenvalue weighted by atomic mass is 19.4. The summed E-state index contributed by atoms with van der Waals surface area (Å²) in [5.74, 6) is -3.03. The van der Waals surface area contributed by atoms with E-state index >= 15 is 0 Å². The second-order valence-electron chi connectivity index (χ2n) is 5.84. The first-order valence-electron chi connectivity index (χ1n) is 7.84. The van der Waals surface area contributed by atoms with Gasteiger partial charge in [0.1, 0.15) is 18.6 Å². The Labute approximate surface area is 150 Å². The zero-order valence-corrected chi connectivity index (χ0v) is 14.0. The molecule has 0 saturated carbocycles. The summed E-state index contributed by atoms with van der Waals surface area (Å²) in [6.07, 6.45) is 1.12. The summed E-state index contributed by atoms with van der Waals surface area (Å²) >= 11 is 0. The maximum absolute atomic E-state index is 12.1. The summed E-state index contributed by atoms with van der Waals surface area (Å²) in [6.45, 7) is 0.735. The molecule has 0 spiro atoms. The van der Waals surface area contributed by atoms with E-state index in [4.69, 9.17) is 0 Å². The number of ketones is 1. The van der Waals surface area contributed by atoms with Gasteiger partial charge in [0.2, 0.25) is 0 Å². The van der Waals surface area contributed by atoms with Gasteiger partial charge >= 0.3 is 12.1 Å². The maximum Gasteiger partial charge on any atom is 0.490 e. The number of ether oxygens (including phenoxy) is 1. The van der Waals surface area contributed by atoms with Crippen LogP contribution in [0.25, 0.3) is 22.3 Å². The second-order valence-corrected chi connectivity index (χ2v) is 5.84. The topological polar surface area (TPSA) is 103 Å². The van der Waals surface area contributed by atoms with Crippen molar-refractivity contribution in [2.75, 3.05) is 6.61 Å². The van der Waals surface area contributed by atoms with Gasteiger partial charge in [0, 0.05) is 29.8 Å². The van der Waals surface area contributed by atoms with Crippen molar-refractivity contribution in [2.24, 2.45) is 0 Å². The molecule has 3 heterocycles. The molecule has 0 saturated heterocycles. The molecule has 11 heteroatoms. The lowest BCUT2D eigenvalue weighted by atomic mass is 10.1. The van der Waals surface area contributed by atoms with E-state index < -0.39 is 30.6 Å². The number of aromatic amines is 1. The first kappa shape index (κ1) is 18.5. The highest BCUT2D eigenvalue weighted by Gasteiger charge is 2.41. The first-order valence-corrected chi connectivity index (χ1v) is 7.84. The molecule has 0 aliphatic carbocycles. The average Bonchev–Trinajstić information content (AvgIpc) is 3.27. The van der Waals surface area contributed by atoms with Gasteiger partial charge in [0.25, 0.3) is 0 Å². The van der Waals surface area contributed by atoms with Gasteiger partial charge in [-0.2, -0.15) is 18.3 Å². The van der Waals surface area contributed by atoms with Crippen LogP contribution in [0.15, 0.2) is 31.0 Å². The zero-order chi connectivity index (χ0) is 19.6. The lowest BCUT2D eigenvalue weighted by molar-refractivity contribution is -0.199. The third-order valence-corrected chi connectivity index (χ3v) is 3.80. The van der Waals surface area contributed by atoms with Gasteiger partial charge in [-0.1, -0.05) is 0 Å². The summed E-state index contributed by atoms with van der Waals surface area (Å²) in [5, 5.41) is 4.98. The van der Waals surface area contributed by atoms with E-state index in [1.807, 2.05) is 6.07 Å². The van der Waals surface area contributed by atoms with E-state index in [0.717, 1.165) is 5.39 Å². The van der Waals surface area contributed by atoms with Gasteiger partial charge in [-0.3, -0.25) is 9.48 Å². The maximum atomic E-state index is 12.1. The second kappa shape index (κ2) is 7.17. The minimum absolute atomic E-state index is 0.143. The van der Waals surface area contributed by atoms with Crippen LogP contribution in [0.5, 0.6) is 0 Å². The minimum Gasteiger partial charge on any atom is -0.451 e. The highest BCUT2D eigenvalue weighted by Crippen LogP contribution is 2.25. The van der Waals surface area contributed by atoms with E-state index in [1.165, 1.54) is 11.0 Å². The molecule has 0 bridgehead atoms. The van der Waals surface area contributed by atoms with Crippen LogP contribution in [0.1, 0.15) is 19.4 Å². The summed E-state index contributed by atoms with van der Waals surface area (Å²) in [6, 6.07) is 1.38. The molecule has 1 atom stereocenters. The van der Waals surface area contributed by atoms with Gasteiger partial charge < -0.3 is 9.72 Å². The van der Waals surface area contributed by atoms with Crippen LogP contribution in [-0.4, -0.2) is 49.3 Å². The number of esters is 1. The summed E-state index contributed by atoms with van der Waals surface area (Å²) in [7, 11) is 0. The van der Waals surface area contributed by atoms with Crippen LogP contribution < -0.4 is 0 Å². The number of nitrogens with one attached hydrogen (secondary N) is 1. The van der Waals surface area contributed by atoms with E-state index in [-0.39, 0.29) is 6.42 Å². The Morgan fingerprint density at radius 3 is 2.85 bits per heavy atom. The monoisotopic (exact) mass is 381 g/mol. The van der Waals surface area contributed by atoms with Gasteiger partial charge in [0.05, 0.1) is 17.9 Å². The number of aromatic nitrogens is 5. The fraction of sp³-hybridized carbons (Fsp3) is 0.312. The number of fused-ring (bicyclic) bond motifs is 1. The smallest absolute Gasteiger partial charge is 0.451 e. The van der Waals surface area contributed by atoms with E-state index in [9.17, 15) is 22.8 Å². The molecule has 142 valence electrons. The number of carbonyl (C=O) groups is 2. The van der Waals surface area contributed by atoms with Crippen LogP contribution in [-0.2, 0) is 14.3 Å². The molecule has 3 rings (SSSR count). The Kier molecular flexibility index (Phi) is 4.93. The van der Waals surface area contributed by atoms with Crippen molar-refractivity contribution in [3.63, 3.8) is 0 Å². The quantitative estimate of drug-likeness (QED) is 0.658. The number of carbonyl (C=O) groups excluding carboxylic acids is 2. The molecular formula is C16H14F3N5O3. The summed E-state index contributed by atoms with van der Waals surface area (Å²) in [4.78, 5) is 33.7. The van der Waals surface area contributed by atoms with E-state index in [2.05, 4.69) is 24.8 Å². The van der Waals surface area contributed by atoms with Gasteiger partial charge in [-0.05, 0) is 13.0 Å². The average molecular weight is 381 g/mol. The van der Waals surface area contributed by atoms with Crippen molar-refractivity contribution in [1.29, 1.82) is 0 Å². The predicted octanol–water partition coefficient (Wildman–Crippen LogP) is 2.45. The molecule has 0 aliphatic heterocycles. The summed E-state index contributed by atoms with van der Waals surface area (Å²) < 4.78 is 41.7. The zero-order valence-electron chi connectivity index (χ0n) is 14.0. The molecule has 27 heavy (non-hydrogen) atoms. The van der Waals surface area contributed by atoms with E-state index in [1.54, 1.807) is 25.5 Å². The fourth-order valence-corrected chi connectivity index (χ4v) is 2.51. The van der Waals surface area contributed by atoms with Crippen LogP contribution >= 0.6 is 0 Å². The Hall–Kier alpha value is -3.24. The fourth-order valence-electron chi connectivity index (χ4n) is 2.51. The first-order chi connectivity index (χ1) is 12.8. The number of halogens is 3. The van der Waals surface area contributed by atoms with E-state index in [0.29, 0.717) is 16.9 Å². The van der Waals surface area contributed by atoms with Crippen molar-refractivity contribution in [1.82, 2.24) is 24.7 Å². The summed E-state index contributed by atoms with van der Waals surface area (Å²) in [5.41, 5.74) is 2.03. The van der Waals surface area contributed by atoms with Gasteiger partial charge in [0.15, 0.2) is 5.78 Å². The number of alkyl halides is 3. The SMILES string of the molecule is CC(CC(=O)COC(=O)C(F)(F)F)n1cc(-c2ncnc3[nH]ccc23)cn1. The Morgan fingerprint density at radius 2 is 2.11 bits per heavy atom. The molecule has 0 aromatic carbocycles. The van der Waals surface area contributed by atoms with Crippen LogP contribution in [0.2, 0.25) is 0 Å². The Morgan fingerprint density at radius 1 is 1.33 bits per heavy atom. The van der Waals surface area contributed by atoms with Crippen LogP contribution in [0, 0.1) is 0 Å². The molecule has 3 aromatic heterocycles. The minimum atomic E-state index is -5.12. The molecule has 3 aromatic rings. The van der Waals surface area contributed by atoms with Crippen molar-refractivity contribution < 1.29 is 27.5 Å². The van der Waals surface area contributed by atoms with Crippen molar-refractivity contribution >= 4 is 22.8 Å². The van der Waals surface area contributed by atoms with Crippen LogP contribution in [0.4, 0.5) is 13.2 Å². The molecule has 0 radical (unpaired) electrons. The van der Waals surface area contributed by atoms with Crippen molar-refractivity contribution in [3.8, 4) is 11.3 Å². The van der Waals surface area contributed by atoms with Gasteiger partial charge in [-0.25, -0.2) is 14.8 Å². The normalized spacial score (nSPS) is 12.9. The largest absolute Gasteiger partial charge is 0.490 e. The molecule has 1 unspecified atom stereocenters. The molecule has 0 fully saturated rings. The number of nitrogens with zero attached hydrogens (tertiary/aromatic N) is 4. The Bertz CT molecular complexity index is 979. The third-order valence-electron chi connectivity index (χ3n) is 3.80. The standard InChI is InChI=1S/C16H14F3N5O3/c1-9(4-11(25)7-27-15(26)16(17,18)19)24-6-10(5-23-24)13-12-2-3-20-14(12)22-8-21-13/h2-3,5-6,8-9H,4,7H2,1H3,(H,20,21,22). The number of hydrogen-bond donors (Lipinski definition) is 1. The number of hydrogen-bond acceptors (Lipinski definition) is 6. The Balaban J connectivity index is 1.65. The number of rotatable bonds is 6. The number of Topliss-reactive ketones (excluding diaryl/α,β-unsaturated/α-hetero) is 1. The molecule has 8 nitrogen and oxygen atoms in total. The third kappa shape index (κ3) is 4.13. The number of H-pyrrole nitrogens is 1. The molecule has 0 amide bonds. The van der Waals surface area contributed by atoms with Gasteiger partial charge in [-0.15, -0.1) is 0 Å². The van der Waals surface area contributed by atoms with Crippen LogP contribution in [0.3, 0.4) is 0 Å². The van der Waals surface area contributed by atoms with Crippen molar-refractivity contribution in [2.45, 2.75) is 25.6 Å².